The van der Waals surface area contributed by atoms with Gasteiger partial charge in [-0.05, 0) is 90.1 Å². The Morgan fingerprint density at radius 3 is 1.43 bits per heavy atom. The molecule has 0 aliphatic carbocycles. The SMILES string of the molecule is CC(C)(C)OC(=O)Nc1ccc(S(=O)(=O)Cl)cc1.CN(OCCO)S(=O)(=O)c1ccc(NC(=O)OC(C)(C)C)cc1.CNOCCO. The lowest BCUT2D eigenvalue weighted by molar-refractivity contribution is -0.0770. The van der Waals surface area contributed by atoms with Crippen molar-refractivity contribution in [2.75, 3.05) is 51.2 Å². The summed E-state index contributed by atoms with van der Waals surface area (Å²) in [5.74, 6) is 0. The minimum Gasteiger partial charge on any atom is -0.444 e. The van der Waals surface area contributed by atoms with Gasteiger partial charge in [0.1, 0.15) is 11.2 Å². The topological polar surface area (TPSA) is 219 Å². The van der Waals surface area contributed by atoms with Crippen LogP contribution >= 0.6 is 10.7 Å². The average Bonchev–Trinajstić information content (AvgIpc) is 2.93. The van der Waals surface area contributed by atoms with Crippen LogP contribution in [0.25, 0.3) is 0 Å². The van der Waals surface area contributed by atoms with Gasteiger partial charge in [0.15, 0.2) is 0 Å². The van der Waals surface area contributed by atoms with E-state index in [4.69, 9.17) is 35.2 Å². The maximum atomic E-state index is 12.2. The second kappa shape index (κ2) is 20.3. The summed E-state index contributed by atoms with van der Waals surface area (Å²) in [5, 5.41) is 21.7. The number of carbonyl (C=O) groups excluding carboxylic acids is 2. The Morgan fingerprint density at radius 1 is 0.745 bits per heavy atom. The zero-order chi connectivity index (χ0) is 36.5. The number of hydrogen-bond donors (Lipinski definition) is 5. The van der Waals surface area contributed by atoms with Gasteiger partial charge in [-0.1, -0.05) is 4.47 Å². The van der Waals surface area contributed by atoms with Crippen molar-refractivity contribution in [2.24, 2.45) is 0 Å². The Bertz CT molecular complexity index is 1440. The summed E-state index contributed by atoms with van der Waals surface area (Å²) in [6.07, 6.45) is -1.24. The summed E-state index contributed by atoms with van der Waals surface area (Å²) in [7, 11) is 0.469. The summed E-state index contributed by atoms with van der Waals surface area (Å²) in [6, 6.07) is 11.0. The molecule has 0 unspecified atom stereocenters. The molecule has 0 fully saturated rings. The lowest BCUT2D eigenvalue weighted by atomic mass is 10.2. The van der Waals surface area contributed by atoms with Crippen LogP contribution in [-0.4, -0.2) is 95.4 Å². The van der Waals surface area contributed by atoms with Crippen LogP contribution < -0.4 is 16.1 Å². The number of aliphatic hydroxyl groups is 2. The number of halogens is 1. The van der Waals surface area contributed by atoms with Crippen LogP contribution in [0.4, 0.5) is 21.0 Å². The highest BCUT2D eigenvalue weighted by Crippen LogP contribution is 2.20. The molecule has 0 bridgehead atoms. The standard InChI is InChI=1S/C14H22N2O6S.C11H14ClNO4S.C3H9NO2/c1-14(2,3)22-13(18)15-11-5-7-12(8-6-11)23(19,20)16(4)21-10-9-17;1-11(2,3)17-10(14)13-8-4-6-9(7-5-8)18(12,15)16;1-4-6-3-2-5/h5-8,17H,9-10H2,1-4H3,(H,15,18);4-7H,1-3H3,(H,13,14);4-5H,2-3H2,1H3. The van der Waals surface area contributed by atoms with Crippen molar-refractivity contribution in [1.82, 2.24) is 9.95 Å². The number of carbonyl (C=O) groups is 2. The van der Waals surface area contributed by atoms with Gasteiger partial charge in [-0.15, -0.1) is 0 Å². The predicted octanol–water partition coefficient (Wildman–Crippen LogP) is 3.67. The second-order valence-electron chi connectivity index (χ2n) is 11.0. The third-order valence-corrected chi connectivity index (χ3v) is 7.64. The predicted molar refractivity (Wildman–Crippen MR) is 176 cm³/mol. The molecule has 16 nitrogen and oxygen atoms in total. The summed E-state index contributed by atoms with van der Waals surface area (Å²) in [4.78, 5) is 32.4. The molecule has 0 aliphatic rings. The van der Waals surface area contributed by atoms with Gasteiger partial charge in [0, 0.05) is 36.2 Å². The molecule has 0 saturated carbocycles. The van der Waals surface area contributed by atoms with E-state index in [1.807, 2.05) is 0 Å². The molecule has 268 valence electrons. The van der Waals surface area contributed by atoms with Crippen molar-refractivity contribution in [3.8, 4) is 0 Å². The van der Waals surface area contributed by atoms with E-state index in [-0.39, 0.29) is 29.6 Å². The molecule has 2 aromatic rings. The van der Waals surface area contributed by atoms with Gasteiger partial charge in [0.2, 0.25) is 0 Å². The third-order valence-electron chi connectivity index (χ3n) is 4.62. The Labute approximate surface area is 280 Å². The Kier molecular flexibility index (Phi) is 19.0. The Morgan fingerprint density at radius 2 is 1.13 bits per heavy atom. The molecule has 5 N–H and O–H groups in total. The highest BCUT2D eigenvalue weighted by atomic mass is 35.7. The van der Waals surface area contributed by atoms with E-state index in [9.17, 15) is 26.4 Å². The van der Waals surface area contributed by atoms with Crippen LogP contribution in [0.5, 0.6) is 0 Å². The molecule has 2 amide bonds. The first-order valence-electron chi connectivity index (χ1n) is 13.8. The number of hydroxylamine groups is 2. The number of ether oxygens (including phenoxy) is 2. The number of aliphatic hydroxyl groups excluding tert-OH is 2. The van der Waals surface area contributed by atoms with E-state index in [0.29, 0.717) is 22.5 Å². The van der Waals surface area contributed by atoms with Gasteiger partial charge in [0.05, 0.1) is 36.2 Å². The Hall–Kier alpha value is -3.07. The minimum absolute atomic E-state index is 0.00678. The number of amides is 2. The third kappa shape index (κ3) is 20.0. The number of rotatable bonds is 11. The van der Waals surface area contributed by atoms with Crippen LogP contribution in [0, 0.1) is 0 Å². The summed E-state index contributed by atoms with van der Waals surface area (Å²) in [6.45, 7) is 10.5. The zero-order valence-corrected chi connectivity index (χ0v) is 30.0. The molecule has 0 radical (unpaired) electrons. The minimum atomic E-state index is -3.83. The van der Waals surface area contributed by atoms with Crippen molar-refractivity contribution in [3.63, 3.8) is 0 Å². The number of hydrogen-bond acceptors (Lipinski definition) is 13. The van der Waals surface area contributed by atoms with Gasteiger partial charge < -0.3 is 19.7 Å². The first kappa shape index (κ1) is 43.9. The van der Waals surface area contributed by atoms with Crippen LogP contribution in [-0.2, 0) is 38.2 Å². The van der Waals surface area contributed by atoms with Crippen molar-refractivity contribution in [2.45, 2.75) is 62.5 Å². The molecule has 47 heavy (non-hydrogen) atoms. The van der Waals surface area contributed by atoms with Gasteiger partial charge in [-0.2, -0.15) is 0 Å². The molecule has 0 saturated heterocycles. The fourth-order valence-electron chi connectivity index (χ4n) is 2.79. The van der Waals surface area contributed by atoms with Crippen LogP contribution in [0.1, 0.15) is 41.5 Å². The van der Waals surface area contributed by atoms with E-state index in [0.717, 1.165) is 0 Å². The summed E-state index contributed by atoms with van der Waals surface area (Å²) < 4.78 is 57.2. The quantitative estimate of drug-likeness (QED) is 0.127. The van der Waals surface area contributed by atoms with Crippen molar-refractivity contribution in [1.29, 1.82) is 0 Å². The van der Waals surface area contributed by atoms with E-state index < -0.39 is 42.5 Å². The average molecular weight is 729 g/mol. The number of sulfonamides is 1. The molecule has 0 aromatic heterocycles. The maximum Gasteiger partial charge on any atom is 0.412 e. The van der Waals surface area contributed by atoms with Crippen molar-refractivity contribution in [3.05, 3.63) is 48.5 Å². The van der Waals surface area contributed by atoms with E-state index in [1.165, 1.54) is 55.6 Å². The molecule has 2 rings (SSSR count). The smallest absolute Gasteiger partial charge is 0.412 e. The largest absolute Gasteiger partial charge is 0.444 e. The number of nitrogens with one attached hydrogen (secondary N) is 3. The maximum absolute atomic E-state index is 12.2. The van der Waals surface area contributed by atoms with Crippen LogP contribution in [0.2, 0.25) is 0 Å². The molecule has 0 atom stereocenters. The number of anilines is 2. The van der Waals surface area contributed by atoms with Gasteiger partial charge in [-0.3, -0.25) is 20.3 Å². The highest BCUT2D eigenvalue weighted by molar-refractivity contribution is 8.13. The van der Waals surface area contributed by atoms with E-state index in [1.54, 1.807) is 48.6 Å². The fourth-order valence-corrected chi connectivity index (χ4v) is 4.55. The van der Waals surface area contributed by atoms with Crippen LogP contribution in [0.15, 0.2) is 58.3 Å². The highest BCUT2D eigenvalue weighted by Gasteiger charge is 2.22. The number of nitrogens with zero attached hydrogens (tertiary/aromatic N) is 1. The zero-order valence-electron chi connectivity index (χ0n) is 27.6. The monoisotopic (exact) mass is 728 g/mol. The summed E-state index contributed by atoms with van der Waals surface area (Å²) in [5.41, 5.74) is 2.01. The van der Waals surface area contributed by atoms with Gasteiger partial charge in [0.25, 0.3) is 19.1 Å². The lowest BCUT2D eigenvalue weighted by Gasteiger charge is -2.20. The molecular formula is C28H45ClN4O12S2. The molecule has 0 aliphatic heterocycles. The first-order valence-corrected chi connectivity index (χ1v) is 17.6. The number of benzene rings is 2. The molecule has 0 heterocycles. The molecular weight excluding hydrogens is 684 g/mol. The molecule has 0 spiro atoms. The van der Waals surface area contributed by atoms with E-state index in [2.05, 4.69) is 21.0 Å². The van der Waals surface area contributed by atoms with Crippen LogP contribution in [0.3, 0.4) is 0 Å². The van der Waals surface area contributed by atoms with Gasteiger partial charge >= 0.3 is 12.2 Å². The summed E-state index contributed by atoms with van der Waals surface area (Å²) >= 11 is 0. The lowest BCUT2D eigenvalue weighted by Crippen LogP contribution is -2.28. The van der Waals surface area contributed by atoms with Crippen molar-refractivity contribution < 1.29 is 55.8 Å². The normalized spacial score (nSPS) is 11.7. The molecule has 2 aromatic carbocycles. The Balaban J connectivity index is 0.000000782. The molecule has 19 heteroatoms. The van der Waals surface area contributed by atoms with E-state index >= 15 is 0 Å². The van der Waals surface area contributed by atoms with Crippen molar-refractivity contribution >= 4 is 53.3 Å². The fraction of sp³-hybridized carbons (Fsp3) is 0.500. The first-order chi connectivity index (χ1) is 21.6. The second-order valence-corrected chi connectivity index (χ2v) is 15.5. The van der Waals surface area contributed by atoms with Gasteiger partial charge in [-0.25, -0.2) is 31.9 Å².